The lowest BCUT2D eigenvalue weighted by Gasteiger charge is -2.32. The molecule has 1 aliphatic rings. The van der Waals surface area contributed by atoms with Gasteiger partial charge in [0.15, 0.2) is 9.84 Å². The molecule has 0 aliphatic carbocycles. The second-order valence-corrected chi connectivity index (χ2v) is 9.64. The van der Waals surface area contributed by atoms with E-state index in [-0.39, 0.29) is 10.6 Å². The summed E-state index contributed by atoms with van der Waals surface area (Å²) in [7, 11) is -3.50. The Kier molecular flexibility index (Phi) is 4.44. The average molecular weight is 424 g/mol. The minimum Gasteiger partial charge on any atom is -0.489 e. The Balaban J connectivity index is 1.55. The van der Waals surface area contributed by atoms with E-state index in [2.05, 4.69) is 14.9 Å². The van der Waals surface area contributed by atoms with Gasteiger partial charge in [-0.3, -0.25) is 4.98 Å². The van der Waals surface area contributed by atoms with Crippen molar-refractivity contribution in [1.82, 2.24) is 9.97 Å². The van der Waals surface area contributed by atoms with Gasteiger partial charge in [0.2, 0.25) is 0 Å². The Labute approximate surface area is 172 Å². The summed E-state index contributed by atoms with van der Waals surface area (Å²) >= 11 is 1.34. The number of anilines is 2. The first-order chi connectivity index (χ1) is 14.1. The highest BCUT2D eigenvalue weighted by Gasteiger charge is 2.25. The van der Waals surface area contributed by atoms with Crippen LogP contribution in [0.5, 0.6) is 5.75 Å². The highest BCUT2D eigenvalue weighted by atomic mass is 32.2. The number of thiazole rings is 1. The fourth-order valence-corrected chi connectivity index (χ4v) is 5.79. The van der Waals surface area contributed by atoms with Crippen LogP contribution in [-0.4, -0.2) is 31.5 Å². The average Bonchev–Trinajstić information content (AvgIpc) is 3.25. The molecule has 4 aromatic rings. The molecule has 0 bridgehead atoms. The summed E-state index contributed by atoms with van der Waals surface area (Å²) in [5.74, 6) is 0.449. The highest BCUT2D eigenvalue weighted by Crippen LogP contribution is 2.40. The lowest BCUT2D eigenvalue weighted by Crippen LogP contribution is -2.29. The van der Waals surface area contributed by atoms with Crippen LogP contribution >= 0.6 is 11.3 Å². The first-order valence-electron chi connectivity index (χ1n) is 9.11. The largest absolute Gasteiger partial charge is 0.489 e. The Bertz CT molecular complexity index is 1280. The number of sulfone groups is 1. The normalized spacial score (nSPS) is 13.9. The maximum atomic E-state index is 12.8. The van der Waals surface area contributed by atoms with Crippen LogP contribution in [0.15, 0.2) is 71.2 Å². The number of benzene rings is 2. The molecule has 0 atom stereocenters. The predicted molar refractivity (Wildman–Crippen MR) is 114 cm³/mol. The van der Waals surface area contributed by atoms with Crippen LogP contribution in [0, 0.1) is 0 Å². The molecule has 0 spiro atoms. The minimum atomic E-state index is -3.50. The van der Waals surface area contributed by atoms with Gasteiger partial charge in [0.05, 0.1) is 28.3 Å². The summed E-state index contributed by atoms with van der Waals surface area (Å²) < 4.78 is 31.4. The van der Waals surface area contributed by atoms with Crippen molar-refractivity contribution in [3.05, 3.63) is 71.3 Å². The topological polar surface area (TPSA) is 72.4 Å². The van der Waals surface area contributed by atoms with Crippen LogP contribution < -0.4 is 9.64 Å². The van der Waals surface area contributed by atoms with Crippen molar-refractivity contribution in [1.29, 1.82) is 0 Å². The van der Waals surface area contributed by atoms with E-state index in [0.29, 0.717) is 23.9 Å². The Morgan fingerprint density at radius 2 is 1.93 bits per heavy atom. The van der Waals surface area contributed by atoms with Gasteiger partial charge in [0, 0.05) is 29.2 Å². The molecule has 2 aromatic carbocycles. The second-order valence-electron chi connectivity index (χ2n) is 6.67. The van der Waals surface area contributed by atoms with Crippen LogP contribution in [0.4, 0.5) is 11.4 Å². The molecule has 8 heteroatoms. The van der Waals surface area contributed by atoms with Crippen LogP contribution in [0.25, 0.3) is 10.9 Å². The highest BCUT2D eigenvalue weighted by molar-refractivity contribution is 7.90. The maximum Gasteiger partial charge on any atom is 0.185 e. The van der Waals surface area contributed by atoms with Crippen molar-refractivity contribution in [2.75, 3.05) is 18.1 Å². The van der Waals surface area contributed by atoms with Crippen molar-refractivity contribution < 1.29 is 13.2 Å². The van der Waals surface area contributed by atoms with E-state index in [1.54, 1.807) is 29.9 Å². The zero-order valence-corrected chi connectivity index (χ0v) is 17.0. The first-order valence-corrected chi connectivity index (χ1v) is 11.6. The molecule has 0 N–H and O–H groups in total. The maximum absolute atomic E-state index is 12.8. The molecule has 2 aromatic heterocycles. The van der Waals surface area contributed by atoms with Gasteiger partial charge in [-0.2, -0.15) is 0 Å². The fraction of sp³-hybridized carbons (Fsp3) is 0.143. The van der Waals surface area contributed by atoms with Crippen molar-refractivity contribution in [2.45, 2.75) is 10.6 Å². The molecular weight excluding hydrogens is 406 g/mol. The van der Waals surface area contributed by atoms with E-state index in [0.717, 1.165) is 22.3 Å². The summed E-state index contributed by atoms with van der Waals surface area (Å²) in [5.41, 5.74) is 2.72. The van der Waals surface area contributed by atoms with Crippen molar-refractivity contribution in [3.63, 3.8) is 0 Å². The van der Waals surface area contributed by atoms with E-state index in [1.165, 1.54) is 11.3 Å². The molecule has 0 unspecified atom stereocenters. The van der Waals surface area contributed by atoms with Gasteiger partial charge in [0.25, 0.3) is 0 Å². The molecular formula is C21H17N3O3S2. The van der Waals surface area contributed by atoms with Gasteiger partial charge < -0.3 is 9.64 Å². The van der Waals surface area contributed by atoms with Gasteiger partial charge in [0.1, 0.15) is 23.1 Å². The molecule has 29 heavy (non-hydrogen) atoms. The third-order valence-corrected chi connectivity index (χ3v) is 7.44. The molecule has 3 heterocycles. The summed E-state index contributed by atoms with van der Waals surface area (Å²) in [6, 6.07) is 15.1. The smallest absolute Gasteiger partial charge is 0.185 e. The summed E-state index contributed by atoms with van der Waals surface area (Å²) in [5, 5.41) is 3.41. The fourth-order valence-electron chi connectivity index (χ4n) is 3.52. The molecule has 146 valence electrons. The van der Waals surface area contributed by atoms with Gasteiger partial charge >= 0.3 is 0 Å². The Hall–Kier alpha value is -2.97. The SMILES string of the molecule is O=S(=O)(Cc1nccs1)c1ccc2c(c1)OCCN2c1cccc2cccnc12. The molecule has 6 nitrogen and oxygen atoms in total. The summed E-state index contributed by atoms with van der Waals surface area (Å²) in [6.07, 6.45) is 3.39. The molecule has 5 rings (SSSR count). The van der Waals surface area contributed by atoms with E-state index in [1.807, 2.05) is 36.4 Å². The monoisotopic (exact) mass is 423 g/mol. The number of pyridine rings is 1. The molecule has 0 radical (unpaired) electrons. The summed E-state index contributed by atoms with van der Waals surface area (Å²) in [4.78, 5) is 11.0. The standard InChI is InChI=1S/C21H17N3O3S2/c25-29(26,14-20-22-9-12-28-20)16-6-7-17-19(13-16)27-11-10-24(17)18-5-1-3-15-4-2-8-23-21(15)18/h1-9,12-13H,10-11,14H2. The summed E-state index contributed by atoms with van der Waals surface area (Å²) in [6.45, 7) is 1.13. The number of ether oxygens (including phenoxy) is 1. The zero-order valence-electron chi connectivity index (χ0n) is 15.4. The number of nitrogens with zero attached hydrogens (tertiary/aromatic N) is 3. The molecule has 0 saturated carbocycles. The van der Waals surface area contributed by atoms with Crippen LogP contribution in [0.3, 0.4) is 0 Å². The molecule has 1 aliphatic heterocycles. The van der Waals surface area contributed by atoms with Crippen LogP contribution in [0.2, 0.25) is 0 Å². The van der Waals surface area contributed by atoms with Crippen LogP contribution in [0.1, 0.15) is 5.01 Å². The molecule has 0 fully saturated rings. The van der Waals surface area contributed by atoms with Gasteiger partial charge in [-0.1, -0.05) is 18.2 Å². The van der Waals surface area contributed by atoms with Crippen molar-refractivity contribution in [2.24, 2.45) is 0 Å². The number of aromatic nitrogens is 2. The number of rotatable bonds is 4. The lowest BCUT2D eigenvalue weighted by atomic mass is 10.1. The number of para-hydroxylation sites is 1. The predicted octanol–water partition coefficient (Wildman–Crippen LogP) is 4.20. The van der Waals surface area contributed by atoms with E-state index < -0.39 is 9.84 Å². The Morgan fingerprint density at radius 3 is 2.79 bits per heavy atom. The lowest BCUT2D eigenvalue weighted by molar-refractivity contribution is 0.313. The Morgan fingerprint density at radius 1 is 1.03 bits per heavy atom. The zero-order chi connectivity index (χ0) is 19.8. The quantitative estimate of drug-likeness (QED) is 0.490. The van der Waals surface area contributed by atoms with E-state index in [4.69, 9.17) is 4.74 Å². The third kappa shape index (κ3) is 3.34. The first kappa shape index (κ1) is 18.1. The van der Waals surface area contributed by atoms with Crippen molar-refractivity contribution in [3.8, 4) is 5.75 Å². The number of hydrogen-bond acceptors (Lipinski definition) is 7. The molecule has 0 saturated heterocycles. The number of fused-ring (bicyclic) bond motifs is 2. The van der Waals surface area contributed by atoms with Gasteiger partial charge in [-0.15, -0.1) is 11.3 Å². The van der Waals surface area contributed by atoms with Crippen LogP contribution in [-0.2, 0) is 15.6 Å². The third-order valence-electron chi connectivity index (χ3n) is 4.85. The van der Waals surface area contributed by atoms with Crippen molar-refractivity contribution >= 4 is 43.5 Å². The van der Waals surface area contributed by atoms with Gasteiger partial charge in [-0.05, 0) is 24.3 Å². The van der Waals surface area contributed by atoms with Gasteiger partial charge in [-0.25, -0.2) is 13.4 Å². The minimum absolute atomic E-state index is 0.111. The second kappa shape index (κ2) is 7.13. The number of hydrogen-bond donors (Lipinski definition) is 0. The molecule has 0 amide bonds. The van der Waals surface area contributed by atoms with E-state index in [9.17, 15) is 8.42 Å². The van der Waals surface area contributed by atoms with E-state index >= 15 is 0 Å².